The van der Waals surface area contributed by atoms with E-state index in [-0.39, 0.29) is 5.92 Å². The van der Waals surface area contributed by atoms with Gasteiger partial charge in [-0.15, -0.1) is 10.8 Å². The van der Waals surface area contributed by atoms with Gasteiger partial charge in [0.1, 0.15) is 12.0 Å². The Labute approximate surface area is 138 Å². The van der Waals surface area contributed by atoms with Crippen LogP contribution in [0.15, 0.2) is 54.7 Å². The van der Waals surface area contributed by atoms with Gasteiger partial charge in [0, 0.05) is 24.9 Å². The van der Waals surface area contributed by atoms with Crippen LogP contribution in [0.3, 0.4) is 0 Å². The van der Waals surface area contributed by atoms with Crippen molar-refractivity contribution in [3.63, 3.8) is 0 Å². The van der Waals surface area contributed by atoms with E-state index in [1.54, 1.807) is 12.3 Å². The summed E-state index contributed by atoms with van der Waals surface area (Å²) in [4.78, 5) is 4.15. The third kappa shape index (κ3) is 6.17. The quantitative estimate of drug-likeness (QED) is 0.475. The maximum absolute atomic E-state index is 10.5. The predicted molar refractivity (Wildman–Crippen MR) is 94.4 cm³/mol. The van der Waals surface area contributed by atoms with Gasteiger partial charge in [0.15, 0.2) is 0 Å². The number of aliphatic hydroxyl groups excluding tert-OH is 1. The topological polar surface area (TPSA) is 97.6 Å². The molecule has 0 fully saturated rings. The van der Waals surface area contributed by atoms with Crippen molar-refractivity contribution >= 4 is 16.6 Å². The molecule has 2 rings (SSSR count). The second kappa shape index (κ2) is 8.28. The predicted octanol–water partition coefficient (Wildman–Crippen LogP) is 2.87. The van der Waals surface area contributed by atoms with E-state index in [4.69, 9.17) is 0 Å². The highest BCUT2D eigenvalue weighted by atomic mass is 32.3. The minimum absolute atomic E-state index is 0.215. The lowest BCUT2D eigenvalue weighted by atomic mass is 9.94. The van der Waals surface area contributed by atoms with E-state index in [0.717, 1.165) is 5.56 Å². The molecule has 0 amide bonds. The zero-order chi connectivity index (χ0) is 16.7. The Morgan fingerprint density at radius 1 is 1.09 bits per heavy atom. The summed E-state index contributed by atoms with van der Waals surface area (Å²) in [5.74, 6) is 0.376. The molecule has 1 aromatic carbocycles. The lowest BCUT2D eigenvalue weighted by Crippen LogP contribution is -2.31. The van der Waals surface area contributed by atoms with Crippen molar-refractivity contribution in [2.24, 2.45) is 0 Å². The zero-order valence-electron chi connectivity index (χ0n) is 13.0. The monoisotopic (exact) mass is 337 g/mol. The molecule has 126 valence electrons. The molecule has 1 heterocycles. The lowest BCUT2D eigenvalue weighted by Gasteiger charge is -2.30. The fraction of sp³-hybridized carbons (Fsp3) is 0.312. The van der Waals surface area contributed by atoms with E-state index in [1.165, 1.54) is 6.26 Å². The molecule has 2 unspecified atom stereocenters. The SMILES string of the molecule is CS(O)(O)NCCC(c1ccccc1)C(O)Nc1ccccn1. The van der Waals surface area contributed by atoms with Crippen molar-refractivity contribution < 1.29 is 14.2 Å². The van der Waals surface area contributed by atoms with Crippen LogP contribution in [-0.2, 0) is 0 Å². The van der Waals surface area contributed by atoms with Gasteiger partial charge in [-0.1, -0.05) is 36.4 Å². The first-order valence-corrected chi connectivity index (χ1v) is 9.29. The summed E-state index contributed by atoms with van der Waals surface area (Å²) in [6.07, 6.45) is 2.69. The first-order chi connectivity index (χ1) is 11.0. The average molecular weight is 337 g/mol. The summed E-state index contributed by atoms with van der Waals surface area (Å²) in [5, 5.41) is 13.5. The summed E-state index contributed by atoms with van der Waals surface area (Å²) < 4.78 is 21.5. The molecule has 0 spiro atoms. The largest absolute Gasteiger partial charge is 0.373 e. The van der Waals surface area contributed by atoms with Crippen LogP contribution in [0.4, 0.5) is 5.82 Å². The van der Waals surface area contributed by atoms with E-state index in [9.17, 15) is 14.2 Å². The standard InChI is InChI=1S/C16H23N3O3S/c1-23(21,22)18-12-10-14(13-7-3-2-4-8-13)16(20)19-15-9-5-6-11-17-15/h2-9,11,14,16,18,20-22H,10,12H2,1H3,(H,17,19). The van der Waals surface area contributed by atoms with Crippen LogP contribution in [0.1, 0.15) is 17.9 Å². The Bertz CT molecular complexity index is 578. The summed E-state index contributed by atoms with van der Waals surface area (Å²) in [7, 11) is -2.75. The lowest BCUT2D eigenvalue weighted by molar-refractivity contribution is 0.166. The van der Waals surface area contributed by atoms with Gasteiger partial charge < -0.3 is 10.4 Å². The number of rotatable bonds is 8. The van der Waals surface area contributed by atoms with Crippen molar-refractivity contribution in [2.45, 2.75) is 18.6 Å². The first kappa shape index (κ1) is 17.7. The molecule has 0 bridgehead atoms. The Balaban J connectivity index is 2.06. The minimum Gasteiger partial charge on any atom is -0.373 e. The number of aromatic nitrogens is 1. The van der Waals surface area contributed by atoms with E-state index < -0.39 is 17.0 Å². The van der Waals surface area contributed by atoms with Crippen LogP contribution in [0.2, 0.25) is 0 Å². The Morgan fingerprint density at radius 2 is 1.78 bits per heavy atom. The van der Waals surface area contributed by atoms with E-state index >= 15 is 0 Å². The van der Waals surface area contributed by atoms with Crippen molar-refractivity contribution in [3.8, 4) is 0 Å². The number of nitrogens with zero attached hydrogens (tertiary/aromatic N) is 1. The number of aliphatic hydroxyl groups is 1. The number of hydrogen-bond acceptors (Lipinski definition) is 6. The Morgan fingerprint density at radius 3 is 2.39 bits per heavy atom. The van der Waals surface area contributed by atoms with Crippen LogP contribution in [-0.4, -0.2) is 38.2 Å². The summed E-state index contributed by atoms with van der Waals surface area (Å²) >= 11 is 0. The third-order valence-electron chi connectivity index (χ3n) is 3.40. The number of hydrogen-bond donors (Lipinski definition) is 5. The van der Waals surface area contributed by atoms with Gasteiger partial charge in [-0.25, -0.2) is 9.71 Å². The maximum Gasteiger partial charge on any atom is 0.132 e. The number of nitrogens with one attached hydrogen (secondary N) is 2. The average Bonchev–Trinajstić information content (AvgIpc) is 2.52. The van der Waals surface area contributed by atoms with E-state index in [0.29, 0.717) is 18.8 Å². The molecule has 0 aliphatic rings. The summed E-state index contributed by atoms with van der Waals surface area (Å²) in [6.45, 7) is 0.374. The van der Waals surface area contributed by atoms with Crippen molar-refractivity contribution in [1.29, 1.82) is 0 Å². The highest BCUT2D eigenvalue weighted by Crippen LogP contribution is 2.29. The minimum atomic E-state index is -2.75. The third-order valence-corrected chi connectivity index (χ3v) is 4.15. The summed E-state index contributed by atoms with van der Waals surface area (Å²) in [5.41, 5.74) is 0.970. The van der Waals surface area contributed by atoms with Gasteiger partial charge >= 0.3 is 0 Å². The number of anilines is 1. The molecule has 0 saturated heterocycles. The van der Waals surface area contributed by atoms with Crippen LogP contribution < -0.4 is 10.0 Å². The van der Waals surface area contributed by atoms with Gasteiger partial charge in [0.05, 0.1) is 0 Å². The fourth-order valence-electron chi connectivity index (χ4n) is 2.32. The van der Waals surface area contributed by atoms with Crippen LogP contribution in [0.25, 0.3) is 0 Å². The molecule has 0 saturated carbocycles. The number of pyridine rings is 1. The molecule has 7 heteroatoms. The molecular formula is C16H23N3O3S. The Hall–Kier alpha value is -1.64. The second-order valence-corrected chi connectivity index (χ2v) is 7.29. The molecule has 0 aliphatic heterocycles. The molecule has 5 N–H and O–H groups in total. The van der Waals surface area contributed by atoms with Crippen molar-refractivity contribution in [3.05, 3.63) is 60.3 Å². The molecule has 2 aromatic rings. The zero-order valence-corrected chi connectivity index (χ0v) is 13.8. The van der Waals surface area contributed by atoms with Crippen molar-refractivity contribution in [1.82, 2.24) is 9.71 Å². The maximum atomic E-state index is 10.5. The smallest absolute Gasteiger partial charge is 0.132 e. The number of benzene rings is 1. The van der Waals surface area contributed by atoms with E-state index in [1.807, 2.05) is 42.5 Å². The van der Waals surface area contributed by atoms with Crippen LogP contribution >= 0.6 is 10.8 Å². The van der Waals surface area contributed by atoms with Gasteiger partial charge in [-0.3, -0.25) is 9.11 Å². The van der Waals surface area contributed by atoms with Gasteiger partial charge in [-0.2, -0.15) is 0 Å². The summed E-state index contributed by atoms with van der Waals surface area (Å²) in [6, 6.07) is 15.1. The second-order valence-electron chi connectivity index (χ2n) is 5.34. The Kier molecular flexibility index (Phi) is 6.37. The van der Waals surface area contributed by atoms with E-state index in [2.05, 4.69) is 15.0 Å². The molecule has 6 nitrogen and oxygen atoms in total. The molecule has 0 aliphatic carbocycles. The highest BCUT2D eigenvalue weighted by molar-refractivity contribution is 8.22. The molecule has 1 aromatic heterocycles. The normalized spacial score (nSPS) is 15.0. The molecule has 2 atom stereocenters. The van der Waals surface area contributed by atoms with Gasteiger partial charge in [0.25, 0.3) is 0 Å². The highest BCUT2D eigenvalue weighted by Gasteiger charge is 2.21. The molecule has 23 heavy (non-hydrogen) atoms. The van der Waals surface area contributed by atoms with Crippen LogP contribution in [0, 0.1) is 0 Å². The van der Waals surface area contributed by atoms with Crippen LogP contribution in [0.5, 0.6) is 0 Å². The molecular weight excluding hydrogens is 314 g/mol. The van der Waals surface area contributed by atoms with Gasteiger partial charge in [-0.05, 0) is 24.1 Å². The van der Waals surface area contributed by atoms with Gasteiger partial charge in [0.2, 0.25) is 0 Å². The molecule has 0 radical (unpaired) electrons. The van der Waals surface area contributed by atoms with Crippen molar-refractivity contribution in [2.75, 3.05) is 18.1 Å². The fourth-order valence-corrected chi connectivity index (χ4v) is 2.82. The first-order valence-electron chi connectivity index (χ1n) is 7.34.